The largest absolute Gasteiger partial charge is 0.440 e. The van der Waals surface area contributed by atoms with Crippen LogP contribution in [0.15, 0.2) is 24.3 Å². The van der Waals surface area contributed by atoms with Crippen LogP contribution in [-0.4, -0.2) is 30.3 Å². The summed E-state index contributed by atoms with van der Waals surface area (Å²) in [6.45, 7) is 2.53. The molecule has 0 aliphatic heterocycles. The van der Waals surface area contributed by atoms with E-state index in [1.807, 2.05) is 31.2 Å². The van der Waals surface area contributed by atoms with Gasteiger partial charge in [-0.15, -0.1) is 0 Å². The summed E-state index contributed by atoms with van der Waals surface area (Å²) in [6, 6.07) is 7.38. The van der Waals surface area contributed by atoms with Gasteiger partial charge in [0.25, 0.3) is 0 Å². The first kappa shape index (κ1) is 15.3. The number of halogens is 3. The van der Waals surface area contributed by atoms with Crippen molar-refractivity contribution in [2.75, 3.05) is 13.2 Å². The zero-order chi connectivity index (χ0) is 14.5. The van der Waals surface area contributed by atoms with Crippen LogP contribution in [-0.2, 0) is 11.3 Å². The van der Waals surface area contributed by atoms with Crippen molar-refractivity contribution in [3.63, 3.8) is 0 Å². The lowest BCUT2D eigenvalue weighted by Gasteiger charge is -2.21. The molecule has 1 rings (SSSR count). The van der Waals surface area contributed by atoms with E-state index in [0.717, 1.165) is 11.1 Å². The highest BCUT2D eigenvalue weighted by Crippen LogP contribution is 2.16. The van der Waals surface area contributed by atoms with Gasteiger partial charge in [-0.05, 0) is 25.0 Å². The number of nitrogens with zero attached hydrogens (tertiary/aromatic N) is 1. The quantitative estimate of drug-likeness (QED) is 0.841. The van der Waals surface area contributed by atoms with Crippen molar-refractivity contribution in [2.24, 2.45) is 0 Å². The van der Waals surface area contributed by atoms with Crippen molar-refractivity contribution in [1.82, 2.24) is 4.90 Å². The van der Waals surface area contributed by atoms with Crippen molar-refractivity contribution in [3.05, 3.63) is 35.4 Å². The molecular weight excluding hydrogens is 259 g/mol. The van der Waals surface area contributed by atoms with E-state index in [9.17, 15) is 18.0 Å². The number of rotatable bonds is 4. The van der Waals surface area contributed by atoms with E-state index < -0.39 is 18.9 Å². The van der Waals surface area contributed by atoms with E-state index in [0.29, 0.717) is 0 Å². The highest BCUT2D eigenvalue weighted by atomic mass is 19.4. The number of alkyl halides is 3. The molecule has 0 aliphatic carbocycles. The predicted molar refractivity (Wildman–Crippen MR) is 64.7 cm³/mol. The molecule has 0 aromatic heterocycles. The molecule has 0 radical (unpaired) electrons. The van der Waals surface area contributed by atoms with Gasteiger partial charge in [-0.1, -0.05) is 24.3 Å². The van der Waals surface area contributed by atoms with Gasteiger partial charge >= 0.3 is 12.3 Å². The number of benzene rings is 1. The van der Waals surface area contributed by atoms with Crippen LogP contribution in [0.4, 0.5) is 18.0 Å². The average Bonchev–Trinajstić information content (AvgIpc) is 2.34. The molecule has 1 aromatic rings. The summed E-state index contributed by atoms with van der Waals surface area (Å²) in [6.07, 6.45) is -5.46. The van der Waals surface area contributed by atoms with Gasteiger partial charge in [-0.3, -0.25) is 0 Å². The Hall–Kier alpha value is -1.72. The number of hydrogen-bond acceptors (Lipinski definition) is 2. The molecule has 0 bridgehead atoms. The molecule has 0 unspecified atom stereocenters. The van der Waals surface area contributed by atoms with Crippen LogP contribution in [0.5, 0.6) is 0 Å². The molecule has 1 amide bonds. The van der Waals surface area contributed by atoms with Crippen LogP contribution in [0.3, 0.4) is 0 Å². The number of amides is 1. The second kappa shape index (κ2) is 6.45. The Bertz CT molecular complexity index is 432. The standard InChI is InChI=1S/C13H16F3NO2/c1-3-17(12(18)19-9-13(14,15)16)8-11-7-5-4-6-10(11)2/h4-7H,3,8-9H2,1-2H3. The monoisotopic (exact) mass is 275 g/mol. The number of carbonyl (C=O) groups excluding carboxylic acids is 1. The first-order valence-corrected chi connectivity index (χ1v) is 5.86. The molecule has 106 valence electrons. The van der Waals surface area contributed by atoms with E-state index in [1.54, 1.807) is 6.92 Å². The van der Waals surface area contributed by atoms with Crippen LogP contribution in [0.2, 0.25) is 0 Å². The van der Waals surface area contributed by atoms with Crippen LogP contribution < -0.4 is 0 Å². The van der Waals surface area contributed by atoms with Gasteiger partial charge in [-0.25, -0.2) is 4.79 Å². The van der Waals surface area contributed by atoms with Crippen molar-refractivity contribution < 1.29 is 22.7 Å². The van der Waals surface area contributed by atoms with E-state index in [-0.39, 0.29) is 13.1 Å². The van der Waals surface area contributed by atoms with Crippen LogP contribution in [0, 0.1) is 6.92 Å². The lowest BCUT2D eigenvalue weighted by molar-refractivity contribution is -0.162. The van der Waals surface area contributed by atoms with Gasteiger partial charge in [0.2, 0.25) is 0 Å². The summed E-state index contributed by atoms with van der Waals surface area (Å²) >= 11 is 0. The molecule has 1 aromatic carbocycles. The third-order valence-corrected chi connectivity index (χ3v) is 2.62. The number of aryl methyl sites for hydroxylation is 1. The van der Waals surface area contributed by atoms with Gasteiger partial charge in [0, 0.05) is 13.1 Å². The summed E-state index contributed by atoms with van der Waals surface area (Å²) in [5, 5.41) is 0. The lowest BCUT2D eigenvalue weighted by Crippen LogP contribution is -2.33. The summed E-state index contributed by atoms with van der Waals surface area (Å²) < 4.78 is 40.2. The molecule has 0 saturated heterocycles. The second-order valence-corrected chi connectivity index (χ2v) is 4.11. The highest BCUT2D eigenvalue weighted by molar-refractivity contribution is 5.67. The second-order valence-electron chi connectivity index (χ2n) is 4.11. The molecule has 6 heteroatoms. The smallest absolute Gasteiger partial charge is 0.422 e. The Morgan fingerprint density at radius 1 is 1.32 bits per heavy atom. The first-order valence-electron chi connectivity index (χ1n) is 5.86. The summed E-state index contributed by atoms with van der Waals surface area (Å²) in [5.41, 5.74) is 1.86. The van der Waals surface area contributed by atoms with Gasteiger partial charge < -0.3 is 9.64 Å². The Balaban J connectivity index is 2.63. The maximum Gasteiger partial charge on any atom is 0.422 e. The normalized spacial score (nSPS) is 11.2. The van der Waals surface area contributed by atoms with E-state index in [4.69, 9.17) is 0 Å². The van der Waals surface area contributed by atoms with Gasteiger partial charge in [-0.2, -0.15) is 13.2 Å². The van der Waals surface area contributed by atoms with Crippen molar-refractivity contribution in [2.45, 2.75) is 26.6 Å². The average molecular weight is 275 g/mol. The van der Waals surface area contributed by atoms with Crippen LogP contribution in [0.1, 0.15) is 18.1 Å². The minimum Gasteiger partial charge on any atom is -0.440 e. The summed E-state index contributed by atoms with van der Waals surface area (Å²) in [4.78, 5) is 12.8. The van der Waals surface area contributed by atoms with Gasteiger partial charge in [0.1, 0.15) is 0 Å². The zero-order valence-electron chi connectivity index (χ0n) is 10.8. The van der Waals surface area contributed by atoms with E-state index in [1.165, 1.54) is 4.90 Å². The Morgan fingerprint density at radius 2 is 1.95 bits per heavy atom. The number of hydrogen-bond donors (Lipinski definition) is 0. The Labute approximate surface area is 110 Å². The van der Waals surface area contributed by atoms with Gasteiger partial charge in [0.05, 0.1) is 0 Å². The maximum absolute atomic E-state index is 12.0. The van der Waals surface area contributed by atoms with Crippen molar-refractivity contribution in [3.8, 4) is 0 Å². The third-order valence-electron chi connectivity index (χ3n) is 2.62. The van der Waals surface area contributed by atoms with Crippen molar-refractivity contribution in [1.29, 1.82) is 0 Å². The summed E-state index contributed by atoms with van der Waals surface area (Å²) in [5.74, 6) is 0. The predicted octanol–water partition coefficient (Wildman–Crippen LogP) is 3.52. The number of carbonyl (C=O) groups is 1. The molecule has 0 N–H and O–H groups in total. The summed E-state index contributed by atoms with van der Waals surface area (Å²) in [7, 11) is 0. The minimum atomic E-state index is -4.50. The zero-order valence-corrected chi connectivity index (χ0v) is 10.8. The Kier molecular flexibility index (Phi) is 5.20. The molecule has 0 atom stereocenters. The SMILES string of the molecule is CCN(Cc1ccccc1C)C(=O)OCC(F)(F)F. The van der Waals surface area contributed by atoms with Gasteiger partial charge in [0.15, 0.2) is 6.61 Å². The molecule has 19 heavy (non-hydrogen) atoms. The maximum atomic E-state index is 12.0. The highest BCUT2D eigenvalue weighted by Gasteiger charge is 2.30. The molecular formula is C13H16F3NO2. The molecule has 0 spiro atoms. The van der Waals surface area contributed by atoms with E-state index >= 15 is 0 Å². The molecule has 0 heterocycles. The van der Waals surface area contributed by atoms with E-state index in [2.05, 4.69) is 4.74 Å². The molecule has 0 saturated carbocycles. The fourth-order valence-electron chi connectivity index (χ4n) is 1.53. The van der Waals surface area contributed by atoms with Crippen molar-refractivity contribution >= 4 is 6.09 Å². The third kappa shape index (κ3) is 5.19. The fourth-order valence-corrected chi connectivity index (χ4v) is 1.53. The van der Waals surface area contributed by atoms with Crippen LogP contribution in [0.25, 0.3) is 0 Å². The Morgan fingerprint density at radius 3 is 2.47 bits per heavy atom. The fraction of sp³-hybridized carbons (Fsp3) is 0.462. The number of ether oxygens (including phenoxy) is 1. The van der Waals surface area contributed by atoms with Crippen LogP contribution >= 0.6 is 0 Å². The topological polar surface area (TPSA) is 29.5 Å². The lowest BCUT2D eigenvalue weighted by atomic mass is 10.1. The first-order chi connectivity index (χ1) is 8.83. The molecule has 0 fully saturated rings. The minimum absolute atomic E-state index is 0.236. The molecule has 3 nitrogen and oxygen atoms in total. The molecule has 0 aliphatic rings.